The van der Waals surface area contributed by atoms with Gasteiger partial charge in [0.2, 0.25) is 0 Å². The Hall–Kier alpha value is -2.64. The Balaban J connectivity index is 0.000000708. The summed E-state index contributed by atoms with van der Waals surface area (Å²) in [5.41, 5.74) is 0. The predicted molar refractivity (Wildman–Crippen MR) is 187 cm³/mol. The summed E-state index contributed by atoms with van der Waals surface area (Å²) in [6.07, 6.45) is 26.9. The van der Waals surface area contributed by atoms with Crippen LogP contribution in [-0.4, -0.2) is 26.9 Å². The molecule has 0 radical (unpaired) electrons. The van der Waals surface area contributed by atoms with Crippen LogP contribution in [0, 0.1) is 23.7 Å². The highest BCUT2D eigenvalue weighted by Crippen LogP contribution is 2.18. The van der Waals surface area contributed by atoms with Crippen molar-refractivity contribution in [3.63, 3.8) is 0 Å². The largest absolute Gasteiger partial charge is 0.550 e. The summed E-state index contributed by atoms with van der Waals surface area (Å²) >= 11 is 0. The minimum atomic E-state index is -0.893. The third kappa shape index (κ3) is 19.8. The topological polar surface area (TPSA) is 115 Å². The summed E-state index contributed by atoms with van der Waals surface area (Å²) in [4.78, 5) is 32.1. The first kappa shape index (κ1) is 43.4. The molecule has 8 nitrogen and oxygen atoms in total. The Morgan fingerprint density at radius 3 is 1.76 bits per heavy atom. The first-order valence-electron chi connectivity index (χ1n) is 18.7. The number of carboxylic acids is 1. The van der Waals surface area contributed by atoms with Gasteiger partial charge in [-0.1, -0.05) is 113 Å². The lowest BCUT2D eigenvalue weighted by Crippen LogP contribution is -2.40. The van der Waals surface area contributed by atoms with Crippen LogP contribution in [0.5, 0.6) is 6.01 Å². The van der Waals surface area contributed by atoms with Gasteiger partial charge in [-0.25, -0.2) is 14.5 Å². The van der Waals surface area contributed by atoms with Gasteiger partial charge in [-0.2, -0.15) is 0 Å². The van der Waals surface area contributed by atoms with Crippen LogP contribution >= 0.6 is 0 Å². The Morgan fingerprint density at radius 2 is 1.28 bits per heavy atom. The summed E-state index contributed by atoms with van der Waals surface area (Å²) in [6, 6.07) is 0.287. The third-order valence-electron chi connectivity index (χ3n) is 9.01. The number of nitrogens with one attached hydrogen (secondary N) is 2. The zero-order valence-corrected chi connectivity index (χ0v) is 30.9. The summed E-state index contributed by atoms with van der Waals surface area (Å²) in [7, 11) is 0. The molecule has 0 aliphatic heterocycles. The Labute approximate surface area is 281 Å². The van der Waals surface area contributed by atoms with Gasteiger partial charge in [0.25, 0.3) is 5.82 Å². The van der Waals surface area contributed by atoms with E-state index >= 15 is 0 Å². The van der Waals surface area contributed by atoms with Crippen molar-refractivity contribution in [1.82, 2.24) is 15.0 Å². The molecule has 0 saturated heterocycles. The predicted octanol–water partition coefficient (Wildman–Crippen LogP) is 8.76. The molecule has 0 bridgehead atoms. The second-order valence-electron chi connectivity index (χ2n) is 12.7. The molecule has 0 amide bonds. The molecule has 4 atom stereocenters. The van der Waals surface area contributed by atoms with Gasteiger partial charge < -0.3 is 19.6 Å². The van der Waals surface area contributed by atoms with E-state index in [1.54, 1.807) is 12.4 Å². The number of carbonyl (C=O) groups is 2. The van der Waals surface area contributed by atoms with E-state index in [1.165, 1.54) is 70.2 Å². The van der Waals surface area contributed by atoms with Crippen LogP contribution in [0.1, 0.15) is 164 Å². The molecule has 2 aromatic rings. The highest BCUT2D eigenvalue weighted by atomic mass is 16.5. The normalized spacial score (nSPS) is 13.4. The molecule has 0 spiro atoms. The van der Waals surface area contributed by atoms with Crippen LogP contribution in [-0.2, 0) is 22.6 Å². The standard InChI is InChI=1S/C19H36N2.C11H18N2O2.C8H16O2/c1-5-9-11-17(7-3)15-19-20-13-14-21(19)16-18(8-4)12-10-6-2;1-3-5-6-9(4-2)10(14)15-11-12-7-8-13-11;1-3-5-6-7(4-2)8(9)10/h13-14,17-18H,5-12,15-16H2,1-4H3;7-9H,3-6H2,1-2H3,(H,12,13);7H,3-6H2,1-2H3,(H,9,10). The van der Waals surface area contributed by atoms with Crippen LogP contribution in [0.2, 0.25) is 0 Å². The number of aromatic nitrogens is 4. The van der Waals surface area contributed by atoms with Gasteiger partial charge in [-0.15, -0.1) is 0 Å². The van der Waals surface area contributed by atoms with E-state index in [2.05, 4.69) is 73.5 Å². The first-order chi connectivity index (χ1) is 22.2. The van der Waals surface area contributed by atoms with Crippen molar-refractivity contribution in [2.75, 3.05) is 0 Å². The average Bonchev–Trinajstić information content (AvgIpc) is 3.74. The number of carboxylic acid groups (broad SMARTS) is 1. The van der Waals surface area contributed by atoms with Crippen molar-refractivity contribution in [3.8, 4) is 6.01 Å². The third-order valence-corrected chi connectivity index (χ3v) is 9.01. The van der Waals surface area contributed by atoms with Gasteiger partial charge in [-0.05, 0) is 62.7 Å². The first-order valence-corrected chi connectivity index (χ1v) is 18.7. The highest BCUT2D eigenvalue weighted by Gasteiger charge is 2.20. The van der Waals surface area contributed by atoms with Gasteiger partial charge in [0, 0.05) is 18.4 Å². The van der Waals surface area contributed by atoms with E-state index in [9.17, 15) is 14.7 Å². The number of nitrogens with zero attached hydrogens (tertiary/aromatic N) is 2. The van der Waals surface area contributed by atoms with Gasteiger partial charge in [0.1, 0.15) is 12.4 Å². The number of H-pyrrole nitrogens is 2. The van der Waals surface area contributed by atoms with Crippen molar-refractivity contribution < 1.29 is 24.0 Å². The molecule has 46 heavy (non-hydrogen) atoms. The number of unbranched alkanes of at least 4 members (excludes halogenated alkanes) is 4. The lowest BCUT2D eigenvalue weighted by atomic mass is 9.95. The molecule has 0 saturated carbocycles. The monoisotopic (exact) mass is 647 g/mol. The molecule has 8 heteroatoms. The van der Waals surface area contributed by atoms with Crippen LogP contribution in [0.15, 0.2) is 24.8 Å². The fourth-order valence-corrected chi connectivity index (χ4v) is 5.52. The van der Waals surface area contributed by atoms with E-state index in [0.29, 0.717) is 6.42 Å². The average molecular weight is 647 g/mol. The van der Waals surface area contributed by atoms with Crippen LogP contribution in [0.25, 0.3) is 0 Å². The quantitative estimate of drug-likeness (QED) is 0.0925. The second-order valence-corrected chi connectivity index (χ2v) is 12.7. The number of hydrogen-bond acceptors (Lipinski definition) is 5. The lowest BCUT2D eigenvalue weighted by Gasteiger charge is -2.15. The molecule has 2 rings (SSSR count). The number of carbonyl (C=O) groups excluding carboxylic acids is 2. The molecule has 2 N–H and O–H groups in total. The fourth-order valence-electron chi connectivity index (χ4n) is 5.52. The van der Waals surface area contributed by atoms with E-state index in [-0.39, 0.29) is 23.8 Å². The van der Waals surface area contributed by atoms with Crippen molar-refractivity contribution >= 4 is 11.9 Å². The van der Waals surface area contributed by atoms with Crippen molar-refractivity contribution in [2.45, 2.75) is 171 Å². The van der Waals surface area contributed by atoms with E-state index in [4.69, 9.17) is 4.74 Å². The summed E-state index contributed by atoms with van der Waals surface area (Å²) in [5, 5.41) is 10.3. The molecule has 0 aliphatic rings. The number of imidazole rings is 2. The van der Waals surface area contributed by atoms with E-state index in [0.717, 1.165) is 56.8 Å². The summed E-state index contributed by atoms with van der Waals surface area (Å²) in [5.74, 6) is 1.81. The molecule has 0 fully saturated rings. The van der Waals surface area contributed by atoms with Gasteiger partial charge >= 0.3 is 12.0 Å². The van der Waals surface area contributed by atoms with Gasteiger partial charge in [0.15, 0.2) is 0 Å². The van der Waals surface area contributed by atoms with E-state index < -0.39 is 5.97 Å². The number of aromatic amines is 2. The molecule has 2 heterocycles. The SMILES string of the molecule is CCCCC(CC)C(=O)Oc1ncc[nH]1.CCCCC(CC)C(=O)[O-].CCCCC(CC)Cc1[nH]cc[n+]1CC(CC)CCCC. The second kappa shape index (κ2) is 28.6. The molecule has 0 aromatic carbocycles. The minimum Gasteiger partial charge on any atom is -0.550 e. The number of hydrogen-bond donors (Lipinski definition) is 2. The summed E-state index contributed by atoms with van der Waals surface area (Å²) < 4.78 is 7.58. The van der Waals surface area contributed by atoms with Gasteiger partial charge in [-0.3, -0.25) is 4.79 Å². The molecular formula is C38H70N4O4. The Morgan fingerprint density at radius 1 is 0.739 bits per heavy atom. The van der Waals surface area contributed by atoms with E-state index in [1.807, 2.05) is 13.8 Å². The molecule has 4 unspecified atom stereocenters. The Kier molecular flexibility index (Phi) is 26.9. The van der Waals surface area contributed by atoms with Crippen LogP contribution in [0.4, 0.5) is 0 Å². The lowest BCUT2D eigenvalue weighted by molar-refractivity contribution is -0.709. The number of esters is 1. The molecule has 0 aliphatic carbocycles. The summed E-state index contributed by atoms with van der Waals surface area (Å²) in [6.45, 7) is 18.5. The zero-order chi connectivity index (χ0) is 34.6. The maximum absolute atomic E-state index is 11.7. The van der Waals surface area contributed by atoms with Crippen LogP contribution < -0.4 is 14.4 Å². The van der Waals surface area contributed by atoms with Gasteiger partial charge in [0.05, 0.1) is 18.9 Å². The highest BCUT2D eigenvalue weighted by molar-refractivity contribution is 5.74. The van der Waals surface area contributed by atoms with Crippen LogP contribution in [0.3, 0.4) is 0 Å². The zero-order valence-electron chi connectivity index (χ0n) is 30.9. The Bertz CT molecular complexity index is 943. The fraction of sp³-hybridized carbons (Fsp3) is 0.789. The smallest absolute Gasteiger partial charge is 0.316 e. The van der Waals surface area contributed by atoms with Crippen molar-refractivity contribution in [3.05, 3.63) is 30.6 Å². The number of rotatable bonds is 23. The number of ether oxygens (including phenoxy) is 1. The van der Waals surface area contributed by atoms with Crippen molar-refractivity contribution in [2.24, 2.45) is 23.7 Å². The molecule has 2 aromatic heterocycles. The minimum absolute atomic E-state index is 0.00458. The molecule has 266 valence electrons. The molecular weight excluding hydrogens is 576 g/mol. The maximum Gasteiger partial charge on any atom is 0.316 e. The maximum atomic E-state index is 11.7. The van der Waals surface area contributed by atoms with Crippen molar-refractivity contribution in [1.29, 1.82) is 0 Å². The number of aliphatic carboxylic acids is 1.